The van der Waals surface area contributed by atoms with Gasteiger partial charge in [-0.05, 0) is 12.3 Å². The summed E-state index contributed by atoms with van der Waals surface area (Å²) >= 11 is 0. The Balaban J connectivity index is 2.14. The number of nitrogens with one attached hydrogen (secondary N) is 1. The van der Waals surface area contributed by atoms with Gasteiger partial charge in [0.2, 0.25) is 0 Å². The molecule has 0 aliphatic heterocycles. The van der Waals surface area contributed by atoms with Gasteiger partial charge in [-0.3, -0.25) is 0 Å². The summed E-state index contributed by atoms with van der Waals surface area (Å²) in [5.74, 6) is 1.56. The van der Waals surface area contributed by atoms with Crippen LogP contribution in [0.2, 0.25) is 0 Å². The molecule has 3 heteroatoms. The largest absolute Gasteiger partial charge is 0.367 e. The minimum atomic E-state index is 0.731. The van der Waals surface area contributed by atoms with Gasteiger partial charge in [-0.25, -0.2) is 0 Å². The van der Waals surface area contributed by atoms with Gasteiger partial charge in [0.25, 0.3) is 0 Å². The number of anilines is 1. The van der Waals surface area contributed by atoms with Crippen LogP contribution in [0.5, 0.6) is 0 Å². The zero-order chi connectivity index (χ0) is 8.10. The zero-order valence-electron chi connectivity index (χ0n) is 7.00. The van der Waals surface area contributed by atoms with Crippen molar-refractivity contribution >= 4 is 5.82 Å². The summed E-state index contributed by atoms with van der Waals surface area (Å²) in [7, 11) is 0. The summed E-state index contributed by atoms with van der Waals surface area (Å²) in [6, 6.07) is 1.82. The van der Waals surface area contributed by atoms with E-state index >= 15 is 0 Å². The quantitative estimate of drug-likeness (QED) is 0.722. The molecular weight excluding hydrogens is 140 g/mol. The van der Waals surface area contributed by atoms with Crippen LogP contribution in [0.4, 0.5) is 5.82 Å². The molecule has 62 valence electrons. The van der Waals surface area contributed by atoms with Crippen molar-refractivity contribution in [3.05, 3.63) is 12.3 Å². The number of nitrogens with zero attached hydrogens (tertiary/aromatic N) is 1. The van der Waals surface area contributed by atoms with Crippen molar-refractivity contribution in [1.29, 1.82) is 0 Å². The van der Waals surface area contributed by atoms with E-state index in [9.17, 15) is 0 Å². The zero-order valence-corrected chi connectivity index (χ0v) is 7.00. The topological polar surface area (TPSA) is 38.1 Å². The highest BCUT2D eigenvalue weighted by atomic mass is 16.5. The van der Waals surface area contributed by atoms with E-state index < -0.39 is 0 Å². The molecule has 0 atom stereocenters. The van der Waals surface area contributed by atoms with Crippen LogP contribution in [-0.4, -0.2) is 11.7 Å². The van der Waals surface area contributed by atoms with Gasteiger partial charge in [-0.2, -0.15) is 0 Å². The third kappa shape index (κ3) is 3.07. The minimum absolute atomic E-state index is 0.731. The monoisotopic (exact) mass is 154 g/mol. The predicted molar refractivity (Wildman–Crippen MR) is 44.4 cm³/mol. The first-order valence-corrected chi connectivity index (χ1v) is 3.93. The van der Waals surface area contributed by atoms with Crippen LogP contribution in [0.15, 0.2) is 16.9 Å². The lowest BCUT2D eigenvalue weighted by molar-refractivity contribution is 0.422. The van der Waals surface area contributed by atoms with Crippen molar-refractivity contribution in [2.24, 2.45) is 5.92 Å². The van der Waals surface area contributed by atoms with E-state index in [0.717, 1.165) is 24.7 Å². The summed E-state index contributed by atoms with van der Waals surface area (Å²) in [6.45, 7) is 5.36. The van der Waals surface area contributed by atoms with Crippen LogP contribution in [0, 0.1) is 5.92 Å². The first-order valence-electron chi connectivity index (χ1n) is 3.93. The molecule has 11 heavy (non-hydrogen) atoms. The Kier molecular flexibility index (Phi) is 2.95. The molecule has 1 aromatic heterocycles. The van der Waals surface area contributed by atoms with Gasteiger partial charge in [0.1, 0.15) is 6.26 Å². The van der Waals surface area contributed by atoms with Crippen LogP contribution < -0.4 is 5.32 Å². The molecule has 3 nitrogen and oxygen atoms in total. The van der Waals surface area contributed by atoms with E-state index in [2.05, 4.69) is 28.8 Å². The molecule has 0 aliphatic rings. The summed E-state index contributed by atoms with van der Waals surface area (Å²) < 4.78 is 4.66. The maximum atomic E-state index is 4.66. The van der Waals surface area contributed by atoms with E-state index in [0.29, 0.717) is 0 Å². The van der Waals surface area contributed by atoms with Crippen molar-refractivity contribution in [3.63, 3.8) is 0 Å². The molecule has 1 aromatic rings. The highest BCUT2D eigenvalue weighted by Crippen LogP contribution is 2.03. The van der Waals surface area contributed by atoms with E-state index in [-0.39, 0.29) is 0 Å². The Morgan fingerprint density at radius 2 is 2.45 bits per heavy atom. The normalized spacial score (nSPS) is 10.5. The lowest BCUT2D eigenvalue weighted by Gasteiger charge is -2.03. The van der Waals surface area contributed by atoms with E-state index in [1.807, 2.05) is 6.07 Å². The van der Waals surface area contributed by atoms with Gasteiger partial charge in [0, 0.05) is 12.6 Å². The summed E-state index contributed by atoms with van der Waals surface area (Å²) in [4.78, 5) is 0. The van der Waals surface area contributed by atoms with Crippen molar-refractivity contribution in [2.75, 3.05) is 11.9 Å². The molecule has 0 saturated carbocycles. The van der Waals surface area contributed by atoms with Crippen LogP contribution in [0.25, 0.3) is 0 Å². The van der Waals surface area contributed by atoms with Crippen molar-refractivity contribution in [2.45, 2.75) is 20.3 Å². The summed E-state index contributed by atoms with van der Waals surface area (Å²) in [5, 5.41) is 6.88. The smallest absolute Gasteiger partial charge is 0.169 e. The van der Waals surface area contributed by atoms with Crippen LogP contribution in [0.3, 0.4) is 0 Å². The number of rotatable bonds is 4. The fourth-order valence-corrected chi connectivity index (χ4v) is 0.793. The van der Waals surface area contributed by atoms with Gasteiger partial charge in [0.05, 0.1) is 0 Å². The van der Waals surface area contributed by atoms with E-state index in [4.69, 9.17) is 0 Å². The fraction of sp³-hybridized carbons (Fsp3) is 0.625. The molecule has 0 aliphatic carbocycles. The maximum absolute atomic E-state index is 4.66. The number of hydrogen-bond acceptors (Lipinski definition) is 3. The van der Waals surface area contributed by atoms with Gasteiger partial charge in [0.15, 0.2) is 5.82 Å². The highest BCUT2D eigenvalue weighted by Gasteiger charge is 1.95. The van der Waals surface area contributed by atoms with Crippen molar-refractivity contribution in [1.82, 2.24) is 5.16 Å². The maximum Gasteiger partial charge on any atom is 0.169 e. The predicted octanol–water partition coefficient (Wildman–Crippen LogP) is 2.13. The van der Waals surface area contributed by atoms with Crippen molar-refractivity contribution in [3.8, 4) is 0 Å². The Bertz CT molecular complexity index is 182. The lowest BCUT2D eigenvalue weighted by atomic mass is 10.1. The number of aromatic nitrogens is 1. The molecule has 0 bridgehead atoms. The van der Waals surface area contributed by atoms with Crippen molar-refractivity contribution < 1.29 is 4.52 Å². The molecule has 0 amide bonds. The SMILES string of the molecule is CC(C)CCNc1ccon1. The Hall–Kier alpha value is -0.990. The molecule has 1 N–H and O–H groups in total. The minimum Gasteiger partial charge on any atom is -0.367 e. The molecule has 0 spiro atoms. The lowest BCUT2D eigenvalue weighted by Crippen LogP contribution is -2.04. The van der Waals surface area contributed by atoms with Crippen LogP contribution in [-0.2, 0) is 0 Å². The highest BCUT2D eigenvalue weighted by molar-refractivity contribution is 5.30. The van der Waals surface area contributed by atoms with E-state index in [1.165, 1.54) is 0 Å². The molecule has 1 heterocycles. The fourth-order valence-electron chi connectivity index (χ4n) is 0.793. The van der Waals surface area contributed by atoms with Gasteiger partial charge in [-0.1, -0.05) is 19.0 Å². The standard InChI is InChI=1S/C8H14N2O/c1-7(2)3-5-9-8-4-6-11-10-8/h4,6-7H,3,5H2,1-2H3,(H,9,10). The average Bonchev–Trinajstić information content (AvgIpc) is 2.39. The van der Waals surface area contributed by atoms with E-state index in [1.54, 1.807) is 6.26 Å². The van der Waals surface area contributed by atoms with Crippen LogP contribution >= 0.6 is 0 Å². The summed E-state index contributed by atoms with van der Waals surface area (Å²) in [6.07, 6.45) is 2.73. The molecule has 0 unspecified atom stereocenters. The second-order valence-corrected chi connectivity index (χ2v) is 2.99. The molecule has 0 saturated heterocycles. The third-order valence-corrected chi connectivity index (χ3v) is 1.47. The second-order valence-electron chi connectivity index (χ2n) is 2.99. The first-order chi connectivity index (χ1) is 5.29. The van der Waals surface area contributed by atoms with Gasteiger partial charge in [-0.15, -0.1) is 0 Å². The van der Waals surface area contributed by atoms with Crippen LogP contribution in [0.1, 0.15) is 20.3 Å². The van der Waals surface area contributed by atoms with Gasteiger partial charge >= 0.3 is 0 Å². The average molecular weight is 154 g/mol. The Morgan fingerprint density at radius 1 is 1.64 bits per heavy atom. The van der Waals surface area contributed by atoms with Gasteiger partial charge < -0.3 is 9.84 Å². The molecule has 0 fully saturated rings. The molecular formula is C8H14N2O. The third-order valence-electron chi connectivity index (χ3n) is 1.47. The molecule has 0 aromatic carbocycles. The Morgan fingerprint density at radius 3 is 3.00 bits per heavy atom. The second kappa shape index (κ2) is 4.01. The molecule has 0 radical (unpaired) electrons. The molecule has 1 rings (SSSR count). The summed E-state index contributed by atoms with van der Waals surface area (Å²) in [5.41, 5.74) is 0. The number of hydrogen-bond donors (Lipinski definition) is 1. The first kappa shape index (κ1) is 8.11. The Labute approximate surface area is 66.8 Å².